The van der Waals surface area contributed by atoms with E-state index in [4.69, 9.17) is 5.73 Å². The molecule has 5 atom stereocenters. The summed E-state index contributed by atoms with van der Waals surface area (Å²) >= 11 is 0. The van der Waals surface area contributed by atoms with Gasteiger partial charge < -0.3 is 46.7 Å². The van der Waals surface area contributed by atoms with E-state index in [9.17, 15) is 53.0 Å². The van der Waals surface area contributed by atoms with Crippen molar-refractivity contribution in [3.8, 4) is 11.1 Å². The zero-order chi connectivity index (χ0) is 53.3. The lowest BCUT2D eigenvalue weighted by Crippen LogP contribution is -2.56. The molecule has 1 aliphatic rings. The second kappa shape index (κ2) is 27.1. The number of nitrogens with one attached hydrogen (secondary N) is 4. The van der Waals surface area contributed by atoms with Gasteiger partial charge in [0, 0.05) is 67.8 Å². The molecule has 0 saturated heterocycles. The van der Waals surface area contributed by atoms with Gasteiger partial charge in [-0.2, -0.15) is 0 Å². The molecule has 2 aromatic carbocycles. The number of aliphatic carboxylic acids is 1. The predicted molar refractivity (Wildman–Crippen MR) is 264 cm³/mol. The zero-order valence-electron chi connectivity index (χ0n) is 41.9. The number of carboxylic acids is 1. The number of imide groups is 1. The Morgan fingerprint density at radius 2 is 1.49 bits per heavy atom. The van der Waals surface area contributed by atoms with Crippen LogP contribution in [-0.4, -0.2) is 122 Å². The van der Waals surface area contributed by atoms with Crippen LogP contribution in [0.3, 0.4) is 0 Å². The molecule has 8 N–H and O–H groups in total. The number of aliphatic hydroxyl groups excluding tert-OH is 1. The lowest BCUT2D eigenvalue weighted by molar-refractivity contribution is -0.142. The normalized spacial score (nSPS) is 14.6. The molecule has 5 unspecified atom stereocenters. The maximum Gasteiger partial charge on any atom is 0.326 e. The number of amides is 7. The largest absolute Gasteiger partial charge is 0.480 e. The van der Waals surface area contributed by atoms with Crippen molar-refractivity contribution < 1.29 is 57.4 Å². The fourth-order valence-electron chi connectivity index (χ4n) is 8.41. The minimum atomic E-state index is -1.32. The molecule has 20 heteroatoms. The number of halogens is 2. The summed E-state index contributed by atoms with van der Waals surface area (Å²) in [6.45, 7) is 10.3. The second-order valence-corrected chi connectivity index (χ2v) is 19.5. The van der Waals surface area contributed by atoms with E-state index in [-0.39, 0.29) is 68.6 Å². The van der Waals surface area contributed by atoms with E-state index >= 15 is 4.39 Å². The van der Waals surface area contributed by atoms with Crippen molar-refractivity contribution in [3.63, 3.8) is 0 Å². The highest BCUT2D eigenvalue weighted by Gasteiger charge is 2.38. The van der Waals surface area contributed by atoms with Crippen molar-refractivity contribution in [2.75, 3.05) is 26.2 Å². The number of carbonyl (C=O) groups is 8. The number of rotatable bonds is 28. The molecule has 4 rings (SSSR count). The first-order chi connectivity index (χ1) is 34.0. The first-order valence-electron chi connectivity index (χ1n) is 24.3. The Kier molecular flexibility index (Phi) is 21.8. The molecule has 0 saturated carbocycles. The summed E-state index contributed by atoms with van der Waals surface area (Å²) < 4.78 is 31.4. The first-order valence-corrected chi connectivity index (χ1v) is 24.3. The molecule has 3 aromatic rings. The number of hydrogen-bond donors (Lipinski definition) is 7. The number of benzene rings is 2. The van der Waals surface area contributed by atoms with Gasteiger partial charge in [-0.05, 0) is 86.6 Å². The van der Waals surface area contributed by atoms with Gasteiger partial charge in [0.1, 0.15) is 36.4 Å². The fourth-order valence-corrected chi connectivity index (χ4v) is 8.41. The highest BCUT2D eigenvalue weighted by atomic mass is 19.1. The maximum atomic E-state index is 15.1. The summed E-state index contributed by atoms with van der Waals surface area (Å²) in [5.41, 5.74) is 7.54. The molecule has 392 valence electrons. The molecule has 72 heavy (non-hydrogen) atoms. The average molecular weight is 1010 g/mol. The van der Waals surface area contributed by atoms with Gasteiger partial charge in [0.25, 0.3) is 11.8 Å². The monoisotopic (exact) mass is 1000 g/mol. The summed E-state index contributed by atoms with van der Waals surface area (Å²) in [6.07, 6.45) is 6.26. The number of nitrogens with zero attached hydrogens (tertiary/aromatic N) is 3. The molecule has 1 aliphatic heterocycles. The van der Waals surface area contributed by atoms with E-state index in [0.29, 0.717) is 43.5 Å². The second-order valence-electron chi connectivity index (χ2n) is 19.5. The van der Waals surface area contributed by atoms with E-state index in [1.807, 2.05) is 55.7 Å². The highest BCUT2D eigenvalue weighted by molar-refractivity contribution is 6.12. The van der Waals surface area contributed by atoms with Gasteiger partial charge in [0.2, 0.25) is 29.5 Å². The van der Waals surface area contributed by atoms with Crippen LogP contribution < -0.4 is 27.0 Å². The quantitative estimate of drug-likeness (QED) is 0.0403. The summed E-state index contributed by atoms with van der Waals surface area (Å²) in [5, 5.41) is 30.4. The van der Waals surface area contributed by atoms with E-state index in [0.717, 1.165) is 28.7 Å². The van der Waals surface area contributed by atoms with E-state index in [1.54, 1.807) is 26.1 Å². The van der Waals surface area contributed by atoms with E-state index in [2.05, 4.69) is 21.3 Å². The number of carbonyl (C=O) groups excluding carboxylic acids is 7. The van der Waals surface area contributed by atoms with Gasteiger partial charge in [-0.15, -0.1) is 0 Å². The van der Waals surface area contributed by atoms with Crippen LogP contribution in [0.15, 0.2) is 72.9 Å². The summed E-state index contributed by atoms with van der Waals surface area (Å²) in [4.78, 5) is 104. The average Bonchev–Trinajstić information content (AvgIpc) is 3.88. The Bertz CT molecular complexity index is 2400. The number of nitrogens with two attached hydrogens (primary N) is 1. The van der Waals surface area contributed by atoms with Crippen LogP contribution >= 0.6 is 0 Å². The topological polar surface area (TPSA) is 263 Å². The third-order valence-corrected chi connectivity index (χ3v) is 12.3. The van der Waals surface area contributed by atoms with Crippen LogP contribution in [0.25, 0.3) is 11.1 Å². The zero-order valence-corrected chi connectivity index (χ0v) is 41.9. The van der Waals surface area contributed by atoms with Crippen molar-refractivity contribution in [3.05, 3.63) is 95.8 Å². The minimum Gasteiger partial charge on any atom is -0.480 e. The predicted octanol–water partition coefficient (Wildman–Crippen LogP) is 4.09. The van der Waals surface area contributed by atoms with Crippen molar-refractivity contribution in [2.24, 2.45) is 17.1 Å². The molecule has 2 heterocycles. The molecule has 0 spiro atoms. The number of carboxylic acid groups (broad SMARTS) is 1. The molecule has 0 radical (unpaired) electrons. The van der Waals surface area contributed by atoms with Gasteiger partial charge in [-0.25, -0.2) is 13.6 Å². The number of hydrogen-bond acceptors (Lipinski definition) is 10. The van der Waals surface area contributed by atoms with Crippen LogP contribution in [0.2, 0.25) is 0 Å². The van der Waals surface area contributed by atoms with Gasteiger partial charge >= 0.3 is 5.97 Å². The minimum absolute atomic E-state index is 0.0120. The SMILES string of the molecule is CC(NC(=O)C(NC(=O)CCCCCN1C(=O)C=CC1=O)C(C)C)C(=O)NC(CCCCNC(=O)C(N)CCN(C(=O)CO)C(c1cc(-c2cc(F)ccc2F)cn1Cc1ccccc1)C(C)(C)C)C(=O)O. The van der Waals surface area contributed by atoms with Gasteiger partial charge in [-0.1, -0.05) is 71.4 Å². The van der Waals surface area contributed by atoms with Crippen LogP contribution in [0.5, 0.6) is 0 Å². The van der Waals surface area contributed by atoms with Crippen LogP contribution in [0, 0.1) is 23.0 Å². The third kappa shape index (κ3) is 16.9. The van der Waals surface area contributed by atoms with Crippen LogP contribution in [-0.2, 0) is 44.9 Å². The van der Waals surface area contributed by atoms with Crippen molar-refractivity contribution in [2.45, 2.75) is 130 Å². The number of aromatic nitrogens is 1. The third-order valence-electron chi connectivity index (χ3n) is 12.3. The Balaban J connectivity index is 1.28. The Labute approximate surface area is 419 Å². The smallest absolute Gasteiger partial charge is 0.326 e. The van der Waals surface area contributed by atoms with Gasteiger partial charge in [0.15, 0.2) is 0 Å². The van der Waals surface area contributed by atoms with Crippen molar-refractivity contribution >= 4 is 47.3 Å². The molecule has 0 bridgehead atoms. The van der Waals surface area contributed by atoms with Crippen molar-refractivity contribution in [1.29, 1.82) is 0 Å². The van der Waals surface area contributed by atoms with Crippen molar-refractivity contribution in [1.82, 2.24) is 35.6 Å². The molecule has 7 amide bonds. The van der Waals surface area contributed by atoms with Gasteiger partial charge in [0.05, 0.1) is 12.1 Å². The Morgan fingerprint density at radius 3 is 2.11 bits per heavy atom. The Hall–Kier alpha value is -6.80. The van der Waals surface area contributed by atoms with Crippen LogP contribution in [0.4, 0.5) is 8.78 Å². The summed E-state index contributed by atoms with van der Waals surface area (Å²) in [6, 6.07) is 9.00. The molecular weight excluding hydrogens is 935 g/mol. The highest BCUT2D eigenvalue weighted by Crippen LogP contribution is 2.41. The van der Waals surface area contributed by atoms with E-state index < -0.39 is 89.4 Å². The molecule has 0 fully saturated rings. The fraction of sp³-hybridized carbons (Fsp3) is 0.500. The number of unbranched alkanes of at least 4 members (excludes halogenated alkanes) is 3. The van der Waals surface area contributed by atoms with Gasteiger partial charge in [-0.3, -0.25) is 38.5 Å². The van der Waals surface area contributed by atoms with E-state index in [1.165, 1.54) is 24.0 Å². The lowest BCUT2D eigenvalue weighted by atomic mass is 9.82. The number of aliphatic hydroxyl groups is 1. The molecule has 0 aliphatic carbocycles. The summed E-state index contributed by atoms with van der Waals surface area (Å²) in [5.74, 6) is -6.64. The van der Waals surface area contributed by atoms with Crippen LogP contribution in [0.1, 0.15) is 110 Å². The summed E-state index contributed by atoms with van der Waals surface area (Å²) in [7, 11) is 0. The maximum absolute atomic E-state index is 15.1. The first kappa shape index (κ1) is 57.8. The molecule has 1 aromatic heterocycles. The standard InChI is InChI=1S/C52H70F2N8O10/c1-32(2)46(59-42(64)18-11-8-14-25-61-43(65)21-22-44(61)66)50(70)57-33(3)48(68)58-40(51(71)72)17-12-13-24-56-49(69)39(55)23-26-62(45(67)31-63)47(52(4,5)6)41-27-35(37-28-36(53)19-20-38(37)54)30-60(41)29-34-15-9-7-10-16-34/h7,9-10,15-16,19-22,27-28,30,32-33,39-40,46-47,63H,8,11-14,17-18,23-26,29,31,55H2,1-6H3,(H,56,69)(H,57,70)(H,58,68)(H,59,64)(H,71,72). The Morgan fingerprint density at radius 1 is 0.806 bits per heavy atom. The lowest BCUT2D eigenvalue weighted by Gasteiger charge is -2.41. The molecular formula is C52H70F2N8O10. The molecule has 18 nitrogen and oxygen atoms in total.